The number of pyridine rings is 1. The van der Waals surface area contributed by atoms with Crippen molar-refractivity contribution in [2.24, 2.45) is 5.92 Å². The van der Waals surface area contributed by atoms with Crippen LogP contribution in [0.2, 0.25) is 0 Å². The number of benzene rings is 1. The van der Waals surface area contributed by atoms with Crippen molar-refractivity contribution in [3.05, 3.63) is 53.0 Å². The van der Waals surface area contributed by atoms with E-state index in [-0.39, 0.29) is 17.7 Å². The molecule has 2 aromatic rings. The first-order valence-corrected chi connectivity index (χ1v) is 12.2. The number of esters is 1. The standard InChI is InChI=1S/C27H34FNO4/c1-3-32-27(30)15-13-25-22(19-8-9-19)11-14-26(29-25)33-17-18-4-6-20(7-5-18)23-16-21(31-2)10-12-24(23)28/h10-12,14,16,18-20H,3-9,13,15,17H2,1-2H3. The van der Waals surface area contributed by atoms with Crippen LogP contribution >= 0.6 is 0 Å². The van der Waals surface area contributed by atoms with Crippen molar-refractivity contribution in [2.45, 2.75) is 70.1 Å². The second-order valence-electron chi connectivity index (χ2n) is 9.18. The van der Waals surface area contributed by atoms with Gasteiger partial charge in [0, 0.05) is 18.2 Å². The van der Waals surface area contributed by atoms with Gasteiger partial charge in [-0.05, 0) is 92.5 Å². The molecule has 2 aliphatic carbocycles. The molecule has 1 heterocycles. The number of methoxy groups -OCH3 is 1. The number of ether oxygens (including phenoxy) is 3. The van der Waals surface area contributed by atoms with E-state index in [4.69, 9.17) is 19.2 Å². The minimum atomic E-state index is -0.184. The molecule has 0 saturated heterocycles. The highest BCUT2D eigenvalue weighted by Gasteiger charge is 2.28. The third-order valence-corrected chi connectivity index (χ3v) is 6.83. The molecular weight excluding hydrogens is 421 g/mol. The first-order valence-electron chi connectivity index (χ1n) is 12.2. The van der Waals surface area contributed by atoms with Gasteiger partial charge in [-0.15, -0.1) is 0 Å². The van der Waals surface area contributed by atoms with E-state index in [1.165, 1.54) is 24.5 Å². The van der Waals surface area contributed by atoms with Crippen LogP contribution in [0.15, 0.2) is 30.3 Å². The number of hydrogen-bond acceptors (Lipinski definition) is 5. The van der Waals surface area contributed by atoms with E-state index in [1.807, 2.05) is 19.1 Å². The summed E-state index contributed by atoms with van der Waals surface area (Å²) in [5.41, 5.74) is 2.96. The van der Waals surface area contributed by atoms with Crippen LogP contribution in [0, 0.1) is 11.7 Å². The Labute approximate surface area is 195 Å². The molecule has 4 rings (SSSR count). The summed E-state index contributed by atoms with van der Waals surface area (Å²) in [7, 11) is 1.61. The molecule has 6 heteroatoms. The summed E-state index contributed by atoms with van der Waals surface area (Å²) in [5.74, 6) is 2.22. The fourth-order valence-corrected chi connectivity index (χ4v) is 4.80. The van der Waals surface area contributed by atoms with Crippen molar-refractivity contribution in [1.82, 2.24) is 4.98 Å². The molecule has 0 N–H and O–H groups in total. The zero-order valence-electron chi connectivity index (χ0n) is 19.6. The predicted molar refractivity (Wildman–Crippen MR) is 124 cm³/mol. The molecule has 1 aromatic heterocycles. The van der Waals surface area contributed by atoms with Gasteiger partial charge in [0.2, 0.25) is 5.88 Å². The van der Waals surface area contributed by atoms with Crippen LogP contribution in [0.4, 0.5) is 4.39 Å². The van der Waals surface area contributed by atoms with E-state index in [1.54, 1.807) is 13.2 Å². The van der Waals surface area contributed by atoms with Crippen LogP contribution < -0.4 is 9.47 Å². The average molecular weight is 456 g/mol. The molecule has 5 nitrogen and oxygen atoms in total. The number of carbonyl (C=O) groups excluding carboxylic acids is 1. The second-order valence-corrected chi connectivity index (χ2v) is 9.18. The Morgan fingerprint density at radius 1 is 1.03 bits per heavy atom. The van der Waals surface area contributed by atoms with Crippen LogP contribution in [0.5, 0.6) is 11.6 Å². The second kappa shape index (κ2) is 11.0. The topological polar surface area (TPSA) is 57.7 Å². The lowest BCUT2D eigenvalue weighted by Gasteiger charge is -2.29. The molecule has 178 valence electrons. The number of nitrogens with zero attached hydrogens (tertiary/aromatic N) is 1. The van der Waals surface area contributed by atoms with Crippen LogP contribution in [0.1, 0.15) is 80.5 Å². The summed E-state index contributed by atoms with van der Waals surface area (Å²) < 4.78 is 30.7. The third kappa shape index (κ3) is 6.24. The van der Waals surface area contributed by atoms with Gasteiger partial charge in [0.05, 0.1) is 26.7 Å². The Morgan fingerprint density at radius 3 is 2.45 bits per heavy atom. The molecule has 33 heavy (non-hydrogen) atoms. The van der Waals surface area contributed by atoms with Crippen molar-refractivity contribution in [2.75, 3.05) is 20.3 Å². The smallest absolute Gasteiger partial charge is 0.306 e. The summed E-state index contributed by atoms with van der Waals surface area (Å²) in [6.45, 7) is 2.83. The maximum atomic E-state index is 14.3. The quantitative estimate of drug-likeness (QED) is 0.414. The lowest BCUT2D eigenvalue weighted by Crippen LogP contribution is -2.20. The lowest BCUT2D eigenvalue weighted by atomic mass is 9.79. The predicted octanol–water partition coefficient (Wildman–Crippen LogP) is 5.96. The molecule has 1 aromatic carbocycles. The summed E-state index contributed by atoms with van der Waals surface area (Å²) in [4.78, 5) is 16.6. The Hall–Kier alpha value is -2.63. The fraction of sp³-hybridized carbons (Fsp3) is 0.556. The van der Waals surface area contributed by atoms with Gasteiger partial charge in [-0.25, -0.2) is 9.37 Å². The number of aromatic nitrogens is 1. The van der Waals surface area contributed by atoms with E-state index >= 15 is 0 Å². The maximum absolute atomic E-state index is 14.3. The molecule has 0 amide bonds. The molecule has 0 spiro atoms. The largest absolute Gasteiger partial charge is 0.497 e. The van der Waals surface area contributed by atoms with Gasteiger partial charge in [-0.2, -0.15) is 0 Å². The van der Waals surface area contributed by atoms with Gasteiger partial charge in [0.1, 0.15) is 11.6 Å². The van der Waals surface area contributed by atoms with Gasteiger partial charge < -0.3 is 14.2 Å². The molecule has 0 aliphatic heterocycles. The van der Waals surface area contributed by atoms with Crippen molar-refractivity contribution in [3.63, 3.8) is 0 Å². The van der Waals surface area contributed by atoms with Gasteiger partial charge in [0.25, 0.3) is 0 Å². The third-order valence-electron chi connectivity index (χ3n) is 6.83. The normalized spacial score (nSPS) is 20.3. The van der Waals surface area contributed by atoms with Crippen molar-refractivity contribution in [1.29, 1.82) is 0 Å². The number of hydrogen-bond donors (Lipinski definition) is 0. The summed E-state index contributed by atoms with van der Waals surface area (Å²) in [5, 5.41) is 0. The number of halogens is 1. The molecule has 2 aliphatic rings. The number of aryl methyl sites for hydroxylation is 1. The molecular formula is C27H34FNO4. The molecule has 0 unspecified atom stereocenters. The molecule has 0 atom stereocenters. The molecule has 2 saturated carbocycles. The Morgan fingerprint density at radius 2 is 1.76 bits per heavy atom. The highest BCUT2D eigenvalue weighted by Crippen LogP contribution is 2.42. The van der Waals surface area contributed by atoms with E-state index in [9.17, 15) is 9.18 Å². The van der Waals surface area contributed by atoms with Crippen LogP contribution in [0.3, 0.4) is 0 Å². The van der Waals surface area contributed by atoms with Crippen molar-refractivity contribution in [3.8, 4) is 11.6 Å². The van der Waals surface area contributed by atoms with Crippen LogP contribution in [0.25, 0.3) is 0 Å². The molecule has 0 radical (unpaired) electrons. The summed E-state index contributed by atoms with van der Waals surface area (Å²) in [6, 6.07) is 9.07. The van der Waals surface area contributed by atoms with Gasteiger partial charge in [-0.3, -0.25) is 4.79 Å². The van der Waals surface area contributed by atoms with E-state index in [0.717, 1.165) is 36.9 Å². The van der Waals surface area contributed by atoms with Gasteiger partial charge in [-0.1, -0.05) is 6.07 Å². The van der Waals surface area contributed by atoms with E-state index < -0.39 is 0 Å². The summed E-state index contributed by atoms with van der Waals surface area (Å²) >= 11 is 0. The summed E-state index contributed by atoms with van der Waals surface area (Å²) in [6.07, 6.45) is 7.17. The van der Waals surface area contributed by atoms with E-state index in [2.05, 4.69) is 6.07 Å². The fourth-order valence-electron chi connectivity index (χ4n) is 4.80. The SMILES string of the molecule is CCOC(=O)CCc1nc(OCC2CCC(c3cc(OC)ccc3F)CC2)ccc1C1CC1. The first kappa shape index (κ1) is 23.5. The van der Waals surface area contributed by atoms with Gasteiger partial charge in [0.15, 0.2) is 0 Å². The highest BCUT2D eigenvalue weighted by atomic mass is 19.1. The average Bonchev–Trinajstić information content (AvgIpc) is 3.68. The molecule has 0 bridgehead atoms. The highest BCUT2D eigenvalue weighted by molar-refractivity contribution is 5.69. The Bertz CT molecular complexity index is 951. The maximum Gasteiger partial charge on any atom is 0.306 e. The monoisotopic (exact) mass is 455 g/mol. The first-order chi connectivity index (χ1) is 16.1. The zero-order chi connectivity index (χ0) is 23.2. The van der Waals surface area contributed by atoms with Crippen molar-refractivity contribution < 1.29 is 23.4 Å². The van der Waals surface area contributed by atoms with E-state index in [0.29, 0.717) is 49.5 Å². The van der Waals surface area contributed by atoms with Crippen LogP contribution in [-0.2, 0) is 16.0 Å². The minimum absolute atomic E-state index is 0.147. The Kier molecular flexibility index (Phi) is 7.84. The van der Waals surface area contributed by atoms with Crippen molar-refractivity contribution >= 4 is 5.97 Å². The molecule has 2 fully saturated rings. The van der Waals surface area contributed by atoms with Gasteiger partial charge >= 0.3 is 5.97 Å². The zero-order valence-corrected chi connectivity index (χ0v) is 19.6. The van der Waals surface area contributed by atoms with Crippen LogP contribution in [-0.4, -0.2) is 31.3 Å². The Balaban J connectivity index is 1.31. The lowest BCUT2D eigenvalue weighted by molar-refractivity contribution is -0.143. The number of rotatable bonds is 10. The minimum Gasteiger partial charge on any atom is -0.497 e. The number of carbonyl (C=O) groups is 1.